The molecule has 19 heavy (non-hydrogen) atoms. The summed E-state index contributed by atoms with van der Waals surface area (Å²) in [6, 6.07) is 9.30. The number of rotatable bonds is 3. The van der Waals surface area contributed by atoms with Crippen LogP contribution >= 0.6 is 0 Å². The smallest absolute Gasteiger partial charge is 0.338 e. The summed E-state index contributed by atoms with van der Waals surface area (Å²) in [5, 5.41) is 0. The average Bonchev–Trinajstić information content (AvgIpc) is 2.39. The van der Waals surface area contributed by atoms with E-state index in [4.69, 9.17) is 4.74 Å². The van der Waals surface area contributed by atoms with E-state index in [1.807, 2.05) is 30.3 Å². The first-order chi connectivity index (χ1) is 9.08. The van der Waals surface area contributed by atoms with Crippen LogP contribution in [0.4, 0.5) is 0 Å². The third kappa shape index (κ3) is 3.59. The summed E-state index contributed by atoms with van der Waals surface area (Å²) in [7, 11) is 0. The summed E-state index contributed by atoms with van der Waals surface area (Å²) < 4.78 is 5.78. The molecule has 0 N–H and O–H groups in total. The van der Waals surface area contributed by atoms with Gasteiger partial charge in [-0.25, -0.2) is 4.79 Å². The molecule has 1 aromatic carbocycles. The summed E-state index contributed by atoms with van der Waals surface area (Å²) in [6.07, 6.45) is 3.51. The molecule has 1 aromatic rings. The minimum atomic E-state index is -0.176. The van der Waals surface area contributed by atoms with Gasteiger partial charge in [0.2, 0.25) is 0 Å². The van der Waals surface area contributed by atoms with Crippen molar-refractivity contribution in [3.05, 3.63) is 35.9 Å². The van der Waals surface area contributed by atoms with E-state index in [9.17, 15) is 4.79 Å². The van der Waals surface area contributed by atoms with Gasteiger partial charge in [0.25, 0.3) is 0 Å². The standard InChI is InChI=1S/C17H24O2/c1-12(2)15-10-9-13(3)11-16(15)19-17(18)14-7-5-4-6-8-14/h4-8,12-13,15-16H,9-11H2,1-3H3/t13?,15?,16-/m1/s1. The van der Waals surface area contributed by atoms with Crippen molar-refractivity contribution in [3.8, 4) is 0 Å². The number of hydrogen-bond donors (Lipinski definition) is 0. The Morgan fingerprint density at radius 2 is 1.89 bits per heavy atom. The summed E-state index contributed by atoms with van der Waals surface area (Å²) in [5.41, 5.74) is 0.656. The van der Waals surface area contributed by atoms with Crippen molar-refractivity contribution in [2.24, 2.45) is 17.8 Å². The lowest BCUT2D eigenvalue weighted by atomic mass is 9.75. The monoisotopic (exact) mass is 260 g/mol. The molecule has 1 aliphatic carbocycles. The minimum Gasteiger partial charge on any atom is -0.458 e. The number of carbonyl (C=O) groups is 1. The highest BCUT2D eigenvalue weighted by Crippen LogP contribution is 2.35. The average molecular weight is 260 g/mol. The van der Waals surface area contributed by atoms with Crippen LogP contribution in [-0.2, 0) is 4.74 Å². The Hall–Kier alpha value is -1.31. The Bertz CT molecular complexity index is 411. The number of esters is 1. The van der Waals surface area contributed by atoms with Gasteiger partial charge in [0.05, 0.1) is 5.56 Å². The van der Waals surface area contributed by atoms with Crippen molar-refractivity contribution in [2.75, 3.05) is 0 Å². The highest BCUT2D eigenvalue weighted by molar-refractivity contribution is 5.89. The van der Waals surface area contributed by atoms with E-state index in [2.05, 4.69) is 20.8 Å². The molecule has 1 aliphatic rings. The normalized spacial score (nSPS) is 27.3. The molecule has 2 unspecified atom stereocenters. The van der Waals surface area contributed by atoms with Crippen molar-refractivity contribution in [2.45, 2.75) is 46.1 Å². The second-order valence-electron chi connectivity index (χ2n) is 6.14. The fourth-order valence-electron chi connectivity index (χ4n) is 3.03. The van der Waals surface area contributed by atoms with E-state index in [0.29, 0.717) is 23.3 Å². The van der Waals surface area contributed by atoms with Gasteiger partial charge in [0, 0.05) is 0 Å². The molecule has 3 atom stereocenters. The van der Waals surface area contributed by atoms with Crippen LogP contribution in [0.15, 0.2) is 30.3 Å². The van der Waals surface area contributed by atoms with E-state index < -0.39 is 0 Å². The molecule has 104 valence electrons. The Balaban J connectivity index is 2.04. The van der Waals surface area contributed by atoms with Gasteiger partial charge in [-0.1, -0.05) is 45.4 Å². The second-order valence-corrected chi connectivity index (χ2v) is 6.14. The van der Waals surface area contributed by atoms with E-state index in [1.54, 1.807) is 0 Å². The first-order valence-corrected chi connectivity index (χ1v) is 7.34. The van der Waals surface area contributed by atoms with Crippen LogP contribution < -0.4 is 0 Å². The van der Waals surface area contributed by atoms with Gasteiger partial charge in [-0.15, -0.1) is 0 Å². The number of benzene rings is 1. The van der Waals surface area contributed by atoms with Crippen LogP contribution in [0, 0.1) is 17.8 Å². The molecular weight excluding hydrogens is 236 g/mol. The molecule has 1 fully saturated rings. The highest BCUT2D eigenvalue weighted by Gasteiger charge is 2.33. The first-order valence-electron chi connectivity index (χ1n) is 7.34. The highest BCUT2D eigenvalue weighted by atomic mass is 16.5. The number of ether oxygens (including phenoxy) is 1. The Morgan fingerprint density at radius 1 is 1.21 bits per heavy atom. The van der Waals surface area contributed by atoms with Gasteiger partial charge in [-0.2, -0.15) is 0 Å². The van der Waals surface area contributed by atoms with Crippen LogP contribution in [0.5, 0.6) is 0 Å². The summed E-state index contributed by atoms with van der Waals surface area (Å²) >= 11 is 0. The molecule has 2 nitrogen and oxygen atoms in total. The summed E-state index contributed by atoms with van der Waals surface area (Å²) in [4.78, 5) is 12.2. The predicted molar refractivity (Wildman–Crippen MR) is 77.0 cm³/mol. The maximum Gasteiger partial charge on any atom is 0.338 e. The first kappa shape index (κ1) is 14.1. The molecule has 0 bridgehead atoms. The van der Waals surface area contributed by atoms with Crippen molar-refractivity contribution in [1.29, 1.82) is 0 Å². The lowest BCUT2D eigenvalue weighted by Gasteiger charge is -2.36. The molecule has 0 amide bonds. The Kier molecular flexibility index (Phi) is 4.62. The number of hydrogen-bond acceptors (Lipinski definition) is 2. The van der Waals surface area contributed by atoms with Crippen molar-refractivity contribution < 1.29 is 9.53 Å². The van der Waals surface area contributed by atoms with E-state index >= 15 is 0 Å². The predicted octanol–water partition coefficient (Wildman–Crippen LogP) is 4.30. The van der Waals surface area contributed by atoms with Gasteiger partial charge in [-0.3, -0.25) is 0 Å². The Labute approximate surface area is 116 Å². The number of carbonyl (C=O) groups excluding carboxylic acids is 1. The third-order valence-electron chi connectivity index (χ3n) is 4.23. The molecule has 0 aromatic heterocycles. The van der Waals surface area contributed by atoms with Gasteiger partial charge in [0.15, 0.2) is 0 Å². The zero-order valence-corrected chi connectivity index (χ0v) is 12.1. The molecule has 2 heteroatoms. The van der Waals surface area contributed by atoms with Crippen LogP contribution in [0.25, 0.3) is 0 Å². The fourth-order valence-corrected chi connectivity index (χ4v) is 3.03. The second kappa shape index (κ2) is 6.23. The fraction of sp³-hybridized carbons (Fsp3) is 0.588. The zero-order chi connectivity index (χ0) is 13.8. The molecule has 0 radical (unpaired) electrons. The molecule has 0 spiro atoms. The van der Waals surface area contributed by atoms with Crippen molar-refractivity contribution in [3.63, 3.8) is 0 Å². The molecule has 2 rings (SSSR count). The van der Waals surface area contributed by atoms with Gasteiger partial charge in [0.1, 0.15) is 6.10 Å². The van der Waals surface area contributed by atoms with Crippen LogP contribution in [0.3, 0.4) is 0 Å². The zero-order valence-electron chi connectivity index (χ0n) is 12.1. The van der Waals surface area contributed by atoms with Crippen LogP contribution in [0.1, 0.15) is 50.4 Å². The summed E-state index contributed by atoms with van der Waals surface area (Å²) in [6.45, 7) is 6.70. The van der Waals surface area contributed by atoms with E-state index in [1.165, 1.54) is 12.8 Å². The maximum absolute atomic E-state index is 12.2. The lowest BCUT2D eigenvalue weighted by Crippen LogP contribution is -2.35. The third-order valence-corrected chi connectivity index (χ3v) is 4.23. The van der Waals surface area contributed by atoms with Crippen molar-refractivity contribution >= 4 is 5.97 Å². The minimum absolute atomic E-state index is 0.0801. The van der Waals surface area contributed by atoms with Crippen LogP contribution in [0.2, 0.25) is 0 Å². The molecular formula is C17H24O2. The SMILES string of the molecule is CC1CCC(C(C)C)[C@H](OC(=O)c2ccccc2)C1. The van der Waals surface area contributed by atoms with Crippen molar-refractivity contribution in [1.82, 2.24) is 0 Å². The van der Waals surface area contributed by atoms with E-state index in [-0.39, 0.29) is 12.1 Å². The summed E-state index contributed by atoms with van der Waals surface area (Å²) in [5.74, 6) is 1.55. The van der Waals surface area contributed by atoms with E-state index in [0.717, 1.165) is 6.42 Å². The largest absolute Gasteiger partial charge is 0.458 e. The van der Waals surface area contributed by atoms with Gasteiger partial charge < -0.3 is 4.74 Å². The molecule has 0 saturated heterocycles. The maximum atomic E-state index is 12.2. The molecule has 1 saturated carbocycles. The molecule has 0 aliphatic heterocycles. The lowest BCUT2D eigenvalue weighted by molar-refractivity contribution is -0.0174. The van der Waals surface area contributed by atoms with Gasteiger partial charge in [-0.05, 0) is 42.7 Å². The van der Waals surface area contributed by atoms with Crippen LogP contribution in [-0.4, -0.2) is 12.1 Å². The van der Waals surface area contributed by atoms with Gasteiger partial charge >= 0.3 is 5.97 Å². The Morgan fingerprint density at radius 3 is 2.53 bits per heavy atom. The molecule has 0 heterocycles. The quantitative estimate of drug-likeness (QED) is 0.757. The topological polar surface area (TPSA) is 26.3 Å².